The molecule has 90 valence electrons. The molecule has 0 atom stereocenters. The Morgan fingerprint density at radius 2 is 1.88 bits per heavy atom. The number of halogens is 5. The van der Waals surface area contributed by atoms with E-state index in [1.165, 1.54) is 0 Å². The van der Waals surface area contributed by atoms with Gasteiger partial charge in [0.2, 0.25) is 0 Å². The van der Waals surface area contributed by atoms with E-state index >= 15 is 0 Å². The number of hydroxylamine groups is 1. The van der Waals surface area contributed by atoms with Crippen LogP contribution in [0.2, 0.25) is 0 Å². The summed E-state index contributed by atoms with van der Waals surface area (Å²) in [5.74, 6) is 0. The van der Waals surface area contributed by atoms with Crippen LogP contribution in [0, 0.1) is 0 Å². The summed E-state index contributed by atoms with van der Waals surface area (Å²) in [6.07, 6.45) is -4.31. The highest BCUT2D eigenvalue weighted by Crippen LogP contribution is 2.23. The summed E-state index contributed by atoms with van der Waals surface area (Å²) in [5, 5.41) is 0. The number of alkyl halides is 3. The van der Waals surface area contributed by atoms with Crippen LogP contribution in [0.15, 0.2) is 27.1 Å². The van der Waals surface area contributed by atoms with Gasteiger partial charge in [-0.1, -0.05) is 6.07 Å². The highest BCUT2D eigenvalue weighted by molar-refractivity contribution is 9.13. The third kappa shape index (κ3) is 5.29. The van der Waals surface area contributed by atoms with Crippen molar-refractivity contribution in [3.63, 3.8) is 0 Å². The molecule has 0 amide bonds. The lowest BCUT2D eigenvalue weighted by molar-refractivity contribution is -0.190. The maximum absolute atomic E-state index is 11.7. The highest BCUT2D eigenvalue weighted by atomic mass is 79.9. The Hall–Kier alpha value is -0.110. The Labute approximate surface area is 107 Å². The van der Waals surface area contributed by atoms with Gasteiger partial charge in [0.25, 0.3) is 0 Å². The fourth-order valence-electron chi connectivity index (χ4n) is 0.917. The van der Waals surface area contributed by atoms with Crippen molar-refractivity contribution in [2.45, 2.75) is 12.7 Å². The summed E-state index contributed by atoms with van der Waals surface area (Å²) in [4.78, 5) is 4.27. The van der Waals surface area contributed by atoms with Crippen molar-refractivity contribution in [3.05, 3.63) is 32.7 Å². The van der Waals surface area contributed by atoms with Gasteiger partial charge < -0.3 is 0 Å². The normalized spacial score (nSPS) is 11.8. The van der Waals surface area contributed by atoms with Crippen LogP contribution in [0.5, 0.6) is 0 Å². The van der Waals surface area contributed by atoms with E-state index in [4.69, 9.17) is 0 Å². The predicted molar refractivity (Wildman–Crippen MR) is 60.7 cm³/mol. The van der Waals surface area contributed by atoms with Crippen LogP contribution in [0.4, 0.5) is 13.2 Å². The molecule has 0 radical (unpaired) electrons. The quantitative estimate of drug-likeness (QED) is 0.649. The van der Waals surface area contributed by atoms with Gasteiger partial charge in [-0.25, -0.2) is 0 Å². The summed E-state index contributed by atoms with van der Waals surface area (Å²) in [6, 6.07) is 5.36. The Morgan fingerprint density at radius 1 is 1.19 bits per heavy atom. The summed E-state index contributed by atoms with van der Waals surface area (Å²) in [7, 11) is 0. The maximum atomic E-state index is 11.7. The monoisotopic (exact) mass is 361 g/mol. The molecule has 0 unspecified atom stereocenters. The second kappa shape index (κ2) is 6.00. The molecule has 0 saturated heterocycles. The second-order valence-electron chi connectivity index (χ2n) is 2.97. The molecule has 7 heteroatoms. The van der Waals surface area contributed by atoms with Gasteiger partial charge in [0.1, 0.15) is 0 Å². The van der Waals surface area contributed by atoms with Crippen molar-refractivity contribution in [2.24, 2.45) is 0 Å². The van der Waals surface area contributed by atoms with E-state index in [1.807, 2.05) is 0 Å². The van der Waals surface area contributed by atoms with Crippen molar-refractivity contribution in [1.82, 2.24) is 5.48 Å². The molecule has 0 aromatic heterocycles. The van der Waals surface area contributed by atoms with Gasteiger partial charge in [0, 0.05) is 15.5 Å². The van der Waals surface area contributed by atoms with Gasteiger partial charge >= 0.3 is 6.18 Å². The first-order chi connectivity index (χ1) is 7.38. The number of hydrogen-bond acceptors (Lipinski definition) is 2. The van der Waals surface area contributed by atoms with E-state index in [-0.39, 0.29) is 6.54 Å². The second-order valence-corrected chi connectivity index (χ2v) is 4.68. The lowest BCUT2D eigenvalue weighted by Gasteiger charge is -2.08. The zero-order valence-electron chi connectivity index (χ0n) is 7.94. The molecule has 1 aromatic rings. The first-order valence-corrected chi connectivity index (χ1v) is 5.82. The predicted octanol–water partition coefficient (Wildman–Crippen LogP) is 3.80. The van der Waals surface area contributed by atoms with Crippen molar-refractivity contribution in [1.29, 1.82) is 0 Å². The van der Waals surface area contributed by atoms with Gasteiger partial charge in [-0.2, -0.15) is 18.7 Å². The summed E-state index contributed by atoms with van der Waals surface area (Å²) < 4.78 is 36.9. The zero-order valence-corrected chi connectivity index (χ0v) is 11.1. The number of rotatable bonds is 4. The van der Waals surface area contributed by atoms with Crippen LogP contribution in [-0.2, 0) is 11.4 Å². The van der Waals surface area contributed by atoms with Crippen molar-refractivity contribution in [2.75, 3.05) is 6.61 Å². The molecule has 0 aliphatic carbocycles. The molecule has 0 aliphatic rings. The minimum atomic E-state index is -4.31. The largest absolute Gasteiger partial charge is 0.413 e. The average molecular weight is 363 g/mol. The van der Waals surface area contributed by atoms with Gasteiger partial charge in [-0.15, -0.1) is 0 Å². The summed E-state index contributed by atoms with van der Waals surface area (Å²) in [6.45, 7) is -1.09. The summed E-state index contributed by atoms with van der Waals surface area (Å²) >= 11 is 6.58. The van der Waals surface area contributed by atoms with Gasteiger partial charge in [0.15, 0.2) is 6.61 Å². The van der Waals surface area contributed by atoms with Gasteiger partial charge in [-0.3, -0.25) is 4.84 Å². The first-order valence-electron chi connectivity index (χ1n) is 4.24. The molecule has 1 rings (SSSR count). The Morgan fingerprint density at radius 3 is 2.44 bits per heavy atom. The molecule has 0 saturated carbocycles. The van der Waals surface area contributed by atoms with Gasteiger partial charge in [-0.05, 0) is 49.6 Å². The SMILES string of the molecule is FC(F)(F)CONCc1ccc(Br)c(Br)c1. The topological polar surface area (TPSA) is 21.3 Å². The van der Waals surface area contributed by atoms with E-state index in [2.05, 4.69) is 42.2 Å². The van der Waals surface area contributed by atoms with Gasteiger partial charge in [0.05, 0.1) is 0 Å². The van der Waals surface area contributed by atoms with Crippen LogP contribution in [0.3, 0.4) is 0 Å². The Balaban J connectivity index is 2.35. The molecule has 16 heavy (non-hydrogen) atoms. The molecule has 1 aromatic carbocycles. The Kier molecular flexibility index (Phi) is 5.23. The van der Waals surface area contributed by atoms with E-state index in [9.17, 15) is 13.2 Å². The zero-order chi connectivity index (χ0) is 12.2. The minimum Gasteiger partial charge on any atom is -0.292 e. The van der Waals surface area contributed by atoms with E-state index in [0.717, 1.165) is 14.5 Å². The number of nitrogens with one attached hydrogen (secondary N) is 1. The molecule has 0 bridgehead atoms. The van der Waals surface area contributed by atoms with Crippen LogP contribution >= 0.6 is 31.9 Å². The van der Waals surface area contributed by atoms with Crippen molar-refractivity contribution < 1.29 is 18.0 Å². The number of benzene rings is 1. The van der Waals surface area contributed by atoms with Crippen molar-refractivity contribution in [3.8, 4) is 0 Å². The minimum absolute atomic E-state index is 0.210. The van der Waals surface area contributed by atoms with E-state index < -0.39 is 12.8 Å². The lowest BCUT2D eigenvalue weighted by atomic mass is 10.2. The smallest absolute Gasteiger partial charge is 0.292 e. The highest BCUT2D eigenvalue weighted by Gasteiger charge is 2.27. The third-order valence-corrected chi connectivity index (χ3v) is 3.48. The van der Waals surface area contributed by atoms with Crippen molar-refractivity contribution >= 4 is 31.9 Å². The number of hydrogen-bond donors (Lipinski definition) is 1. The first kappa shape index (κ1) is 14.0. The van der Waals surface area contributed by atoms with E-state index in [1.54, 1.807) is 18.2 Å². The molecule has 1 N–H and O–H groups in total. The molecule has 0 heterocycles. The molecular formula is C9H8Br2F3NO. The average Bonchev–Trinajstić information content (AvgIpc) is 2.17. The molecular weight excluding hydrogens is 355 g/mol. The fraction of sp³-hybridized carbons (Fsp3) is 0.333. The standard InChI is InChI=1S/C9H8Br2F3NO/c10-7-2-1-6(3-8(7)11)4-15-16-5-9(12,13)14/h1-3,15H,4-5H2. The third-order valence-electron chi connectivity index (χ3n) is 1.60. The lowest BCUT2D eigenvalue weighted by Crippen LogP contribution is -2.24. The van der Waals surface area contributed by atoms with Crippen LogP contribution in [0.1, 0.15) is 5.56 Å². The van der Waals surface area contributed by atoms with Crippen LogP contribution < -0.4 is 5.48 Å². The van der Waals surface area contributed by atoms with Crippen LogP contribution in [0.25, 0.3) is 0 Å². The maximum Gasteiger partial charge on any atom is 0.413 e. The molecule has 0 spiro atoms. The fourth-order valence-corrected chi connectivity index (χ4v) is 1.59. The molecule has 0 fully saturated rings. The van der Waals surface area contributed by atoms with E-state index in [0.29, 0.717) is 0 Å². The van der Waals surface area contributed by atoms with Crippen LogP contribution in [-0.4, -0.2) is 12.8 Å². The molecule has 2 nitrogen and oxygen atoms in total. The Bertz CT molecular complexity index is 357. The molecule has 0 aliphatic heterocycles. The summed E-state index contributed by atoms with van der Waals surface area (Å²) in [5.41, 5.74) is 3.07.